The van der Waals surface area contributed by atoms with Gasteiger partial charge < -0.3 is 55.3 Å². The van der Waals surface area contributed by atoms with Crippen LogP contribution in [0.5, 0.6) is 0 Å². The molecule has 5 aromatic rings. The number of nitrogens with one attached hydrogen (secondary N) is 4. The molecule has 4 N–H and O–H groups in total. The van der Waals surface area contributed by atoms with E-state index in [1.54, 1.807) is 55.5 Å². The van der Waals surface area contributed by atoms with Gasteiger partial charge in [-0.15, -0.1) is 22.4 Å². The normalized spacial score (nSPS) is 18.1. The number of pyridine rings is 2. The van der Waals surface area contributed by atoms with E-state index < -0.39 is 59.5 Å². The van der Waals surface area contributed by atoms with Crippen LogP contribution in [-0.4, -0.2) is 166 Å². The predicted octanol–water partition coefficient (Wildman–Crippen LogP) is 4.32. The molecule has 486 valence electrons. The Hall–Kier alpha value is -9.23. The molecule has 4 aliphatic rings. The van der Waals surface area contributed by atoms with Gasteiger partial charge in [-0.05, 0) is 92.3 Å². The molecule has 1 saturated heterocycles. The summed E-state index contributed by atoms with van der Waals surface area (Å²) in [6.45, 7) is 20.9. The maximum absolute atomic E-state index is 12.6. The Morgan fingerprint density at radius 3 is 1.75 bits per heavy atom. The van der Waals surface area contributed by atoms with Crippen LogP contribution in [0.15, 0.2) is 140 Å². The monoisotopic (exact) mass is 1250 g/mol. The van der Waals surface area contributed by atoms with Gasteiger partial charge in [-0.1, -0.05) is 117 Å². The maximum atomic E-state index is 12.6. The number of hydrogen-bond donors (Lipinski definition) is 4. The number of amides is 6. The fourth-order valence-electron chi connectivity index (χ4n) is 9.98. The average Bonchev–Trinajstić information content (AvgIpc) is 1.37. The highest BCUT2D eigenvalue weighted by molar-refractivity contribution is 6.01. The molecule has 3 aromatic heterocycles. The highest BCUT2D eigenvalue weighted by Gasteiger charge is 2.35. The number of benzene rings is 2. The number of aromatic nitrogens is 5. The van der Waals surface area contributed by atoms with Crippen LogP contribution in [-0.2, 0) is 50.1 Å². The summed E-state index contributed by atoms with van der Waals surface area (Å²) in [6.07, 6.45) is 13.9. The smallest absolute Gasteiger partial charge is 0.358 e. The first-order valence-electron chi connectivity index (χ1n) is 30.8. The summed E-state index contributed by atoms with van der Waals surface area (Å²) in [5.41, 5.74) is 6.18. The summed E-state index contributed by atoms with van der Waals surface area (Å²) < 4.78 is 8.23. The lowest BCUT2D eigenvalue weighted by molar-refractivity contribution is -0.904. The summed E-state index contributed by atoms with van der Waals surface area (Å²) in [7, 11) is 4.52. The van der Waals surface area contributed by atoms with Gasteiger partial charge in [-0.2, -0.15) is 0 Å². The van der Waals surface area contributed by atoms with E-state index in [2.05, 4.69) is 93.2 Å². The number of fused-ring (bicyclic) bond motifs is 13. The molecule has 6 amide bonds. The standard InChI is InChI=1S/C28H26N6O4.C21H26N2O7.C18H34N5/c35-25-21-7-5-9-23(33-21)27(37)31-17-19-11-13-20(14-12-19)18-32-28(38)24-10-6-8-22(34-24)26(36)30-16-4-2-1-3-15-29-25;1-3-22(10-11-29-12-18(26)30-23-16(24)8-9-17(23)25)15-6-4-14(5-7-15)19-20(27)13(2)21(19)28;1-7-11-14-23(5,6)16-17-15-22(20-19-17)13-12-21(10-4)18(8-2)9-3/h1-14H,15-18H2,(H,29,35)(H,30,36)(H,31,37)(H,32,38);4-7,13,19-21H,3,8-12H2,1-2H3;8-9,15H,2,7,10-14,16H2,1,3-6H3/q;-2;+1/b;;18-9+. The Labute approximate surface area is 532 Å². The van der Waals surface area contributed by atoms with Crippen LogP contribution in [0.2, 0.25) is 0 Å². The number of hydroxylamine groups is 2. The SMILES string of the molecule is C=C/C(=C\C)N(CC)CCn1cc(C[N+](C)(C)CCCC)nn1.CCN(CCOCC(=O)ON1C(=O)CCC1=O)c1ccc(C2C([O-])C(C)C2[O-])cc1.O=C1NCC=CC=CCNC(=O)c2cccc(n2)C(=O)NCc2ccc(cc2)CNC(=O)c2cccc1n2. The second-order valence-electron chi connectivity index (χ2n) is 22.5. The highest BCUT2D eigenvalue weighted by Crippen LogP contribution is 2.39. The fourth-order valence-corrected chi connectivity index (χ4v) is 9.98. The third-order valence-corrected chi connectivity index (χ3v) is 15.3. The fraction of sp³-hybridized carbons (Fsp3) is 0.418. The van der Waals surface area contributed by atoms with E-state index in [1.807, 2.05) is 78.0 Å². The van der Waals surface area contributed by atoms with E-state index in [1.165, 1.54) is 37.2 Å². The summed E-state index contributed by atoms with van der Waals surface area (Å²) in [4.78, 5) is 102. The van der Waals surface area contributed by atoms with E-state index in [9.17, 15) is 43.8 Å². The van der Waals surface area contributed by atoms with Crippen molar-refractivity contribution in [3.8, 4) is 0 Å². The second kappa shape index (κ2) is 35.8. The number of unbranched alkanes of at least 4 members (excludes halogenated alkanes) is 1. The van der Waals surface area contributed by atoms with Crippen molar-refractivity contribution in [1.29, 1.82) is 0 Å². The number of rotatable bonds is 20. The Kier molecular flexibility index (Phi) is 27.9. The topological polar surface area (TPSA) is 298 Å². The zero-order valence-corrected chi connectivity index (χ0v) is 53.2. The van der Waals surface area contributed by atoms with Gasteiger partial charge in [0.05, 0.1) is 40.0 Å². The van der Waals surface area contributed by atoms with Crippen LogP contribution in [0.1, 0.15) is 131 Å². The van der Waals surface area contributed by atoms with Crippen molar-refractivity contribution in [3.63, 3.8) is 0 Å². The lowest BCUT2D eigenvalue weighted by atomic mass is 9.67. The molecule has 1 aliphatic carbocycles. The number of hydrogen-bond acceptors (Lipinski definition) is 17. The number of ether oxygens (including phenoxy) is 1. The third kappa shape index (κ3) is 21.8. The zero-order valence-electron chi connectivity index (χ0n) is 53.2. The molecule has 3 aliphatic heterocycles. The first-order valence-corrected chi connectivity index (χ1v) is 30.8. The average molecular weight is 1250 g/mol. The largest absolute Gasteiger partial charge is 0.851 e. The first-order chi connectivity index (χ1) is 43.8. The van der Waals surface area contributed by atoms with Crippen LogP contribution in [0.25, 0.3) is 0 Å². The summed E-state index contributed by atoms with van der Waals surface area (Å²) >= 11 is 0. The molecular weight excluding hydrogens is 1160 g/mol. The van der Waals surface area contributed by atoms with Gasteiger partial charge in [0.25, 0.3) is 35.4 Å². The lowest BCUT2D eigenvalue weighted by Gasteiger charge is -2.60. The highest BCUT2D eigenvalue weighted by atomic mass is 16.7. The van der Waals surface area contributed by atoms with Gasteiger partial charge in [0.2, 0.25) is 0 Å². The lowest BCUT2D eigenvalue weighted by Crippen LogP contribution is -2.64. The van der Waals surface area contributed by atoms with E-state index in [-0.39, 0.29) is 80.9 Å². The molecule has 9 rings (SSSR count). The van der Waals surface area contributed by atoms with E-state index in [0.717, 1.165) is 58.7 Å². The molecule has 91 heavy (non-hydrogen) atoms. The summed E-state index contributed by atoms with van der Waals surface area (Å²) in [5.74, 6) is -4.29. The molecule has 24 heteroatoms. The molecule has 6 heterocycles. The van der Waals surface area contributed by atoms with Crippen LogP contribution in [0.3, 0.4) is 0 Å². The minimum absolute atomic E-state index is 0.0436. The zero-order chi connectivity index (χ0) is 65.9. The van der Waals surface area contributed by atoms with Crippen LogP contribution < -0.4 is 36.4 Å². The third-order valence-electron chi connectivity index (χ3n) is 15.3. The second-order valence-corrected chi connectivity index (χ2v) is 22.5. The van der Waals surface area contributed by atoms with E-state index in [0.29, 0.717) is 18.2 Å². The van der Waals surface area contributed by atoms with Crippen molar-refractivity contribution in [2.24, 2.45) is 5.92 Å². The predicted molar refractivity (Wildman–Crippen MR) is 339 cm³/mol. The van der Waals surface area contributed by atoms with Gasteiger partial charge in [0.15, 0.2) is 0 Å². The summed E-state index contributed by atoms with van der Waals surface area (Å²) in [5, 5.41) is 44.1. The van der Waals surface area contributed by atoms with E-state index in [4.69, 9.17) is 9.57 Å². The number of imide groups is 1. The number of likely N-dealkylation sites (N-methyl/N-ethyl adjacent to an activating group) is 2. The minimum Gasteiger partial charge on any atom is -0.851 e. The van der Waals surface area contributed by atoms with Crippen LogP contribution in [0, 0.1) is 5.92 Å². The Balaban J connectivity index is 0.000000224. The van der Waals surface area contributed by atoms with Crippen LogP contribution >= 0.6 is 0 Å². The number of carbonyl (C=O) groups excluding carboxylic acids is 7. The van der Waals surface area contributed by atoms with Gasteiger partial charge in [0, 0.05) is 76.6 Å². The molecule has 2 fully saturated rings. The van der Waals surface area contributed by atoms with Gasteiger partial charge >= 0.3 is 5.97 Å². The van der Waals surface area contributed by atoms with Crippen molar-refractivity contribution < 1.29 is 57.8 Å². The first kappa shape index (κ1) is 70.9. The number of nitrogens with zero attached hydrogens (tertiary/aromatic N) is 9. The number of carbonyl (C=O) groups is 7. The Bertz CT molecular complexity index is 3210. The molecular formula is C67H86N13O11-. The van der Waals surface area contributed by atoms with E-state index >= 15 is 0 Å². The van der Waals surface area contributed by atoms with Crippen molar-refractivity contribution in [2.75, 3.05) is 78.0 Å². The quantitative estimate of drug-likeness (QED) is 0.0365. The van der Waals surface area contributed by atoms with Crippen molar-refractivity contribution in [1.82, 2.24) is 56.2 Å². The molecule has 0 radical (unpaired) electrons. The van der Waals surface area contributed by atoms with Crippen molar-refractivity contribution in [2.45, 2.75) is 105 Å². The molecule has 2 atom stereocenters. The molecule has 24 nitrogen and oxygen atoms in total. The number of quaternary nitrogens is 1. The van der Waals surface area contributed by atoms with Crippen molar-refractivity contribution >= 4 is 47.1 Å². The Morgan fingerprint density at radius 1 is 0.736 bits per heavy atom. The molecule has 2 unspecified atom stereocenters. The molecule has 6 bridgehead atoms. The van der Waals surface area contributed by atoms with Crippen LogP contribution in [0.4, 0.5) is 5.69 Å². The molecule has 0 spiro atoms. The molecule has 1 saturated carbocycles. The Morgan fingerprint density at radius 2 is 1.26 bits per heavy atom. The summed E-state index contributed by atoms with van der Waals surface area (Å²) in [6, 6.07) is 24.1. The minimum atomic E-state index is -0.847. The molecule has 2 aromatic carbocycles. The maximum Gasteiger partial charge on any atom is 0.358 e. The number of allylic oxidation sites excluding steroid dienone is 4. The van der Waals surface area contributed by atoms with Gasteiger partial charge in [0.1, 0.15) is 41.6 Å². The van der Waals surface area contributed by atoms with Gasteiger partial charge in [-0.3, -0.25) is 33.4 Å². The number of anilines is 1. The van der Waals surface area contributed by atoms with Gasteiger partial charge in [-0.25, -0.2) is 14.8 Å². The van der Waals surface area contributed by atoms with Crippen molar-refractivity contribution in [3.05, 3.63) is 185 Å².